The molecule has 1 aromatic rings. The Bertz CT molecular complexity index is 968. The van der Waals surface area contributed by atoms with Gasteiger partial charge in [-0.15, -0.1) is 0 Å². The molecule has 1 rings (SSSR count). The predicted molar refractivity (Wildman–Crippen MR) is 139 cm³/mol. The summed E-state index contributed by atoms with van der Waals surface area (Å²) >= 11 is 0. The largest absolute Gasteiger partial charge is 0.508 e. The molecule has 0 aliphatic heterocycles. The normalized spacial score (nSPS) is 15.7. The lowest BCUT2D eigenvalue weighted by Crippen LogP contribution is -2.58. The van der Waals surface area contributed by atoms with Crippen molar-refractivity contribution in [3.05, 3.63) is 29.8 Å². The van der Waals surface area contributed by atoms with Crippen LogP contribution in [0.3, 0.4) is 0 Å². The van der Waals surface area contributed by atoms with Crippen LogP contribution in [0.4, 0.5) is 0 Å². The van der Waals surface area contributed by atoms with Crippen LogP contribution in [-0.2, 0) is 30.4 Å². The number of benzene rings is 1. The Balaban J connectivity index is 3.22. The Morgan fingerprint density at radius 1 is 0.816 bits per heavy atom. The second-order valence-electron chi connectivity index (χ2n) is 9.55. The number of aliphatic carboxylic acids is 2. The molecule has 0 spiro atoms. The van der Waals surface area contributed by atoms with E-state index in [1.807, 2.05) is 6.92 Å². The molecule has 6 unspecified atom stereocenters. The zero-order valence-corrected chi connectivity index (χ0v) is 22.3. The second-order valence-corrected chi connectivity index (χ2v) is 9.55. The topological polar surface area (TPSA) is 208 Å². The van der Waals surface area contributed by atoms with E-state index in [1.54, 1.807) is 32.9 Å². The van der Waals surface area contributed by atoms with Crippen LogP contribution in [0.2, 0.25) is 0 Å². The molecule has 12 heteroatoms. The average molecular weight is 537 g/mol. The van der Waals surface area contributed by atoms with Crippen molar-refractivity contribution in [1.82, 2.24) is 16.0 Å². The first-order valence-corrected chi connectivity index (χ1v) is 12.7. The number of phenolic OH excluding ortho intramolecular Hbond substituents is 1. The third kappa shape index (κ3) is 10.4. The molecular formula is C26H40N4O8. The van der Waals surface area contributed by atoms with Gasteiger partial charge in [0.25, 0.3) is 0 Å². The number of carbonyl (C=O) groups excluding carboxylic acids is 3. The maximum atomic E-state index is 13.2. The van der Waals surface area contributed by atoms with Crippen molar-refractivity contribution in [2.24, 2.45) is 17.6 Å². The Labute approximate surface area is 222 Å². The molecule has 0 aromatic heterocycles. The fourth-order valence-electron chi connectivity index (χ4n) is 3.60. The van der Waals surface area contributed by atoms with E-state index >= 15 is 0 Å². The summed E-state index contributed by atoms with van der Waals surface area (Å²) in [6.07, 6.45) is 0.345. The van der Waals surface area contributed by atoms with Gasteiger partial charge < -0.3 is 37.0 Å². The first kappa shape index (κ1) is 32.4. The van der Waals surface area contributed by atoms with E-state index in [0.29, 0.717) is 18.4 Å². The lowest BCUT2D eigenvalue weighted by atomic mass is 9.97. The van der Waals surface area contributed by atoms with Gasteiger partial charge in [-0.1, -0.05) is 52.7 Å². The van der Waals surface area contributed by atoms with Crippen LogP contribution in [0.1, 0.15) is 58.9 Å². The fraction of sp³-hybridized carbons (Fsp3) is 0.577. The van der Waals surface area contributed by atoms with Crippen molar-refractivity contribution in [3.8, 4) is 5.75 Å². The number of amides is 3. The monoisotopic (exact) mass is 536 g/mol. The predicted octanol–water partition coefficient (Wildman–Crippen LogP) is 0.758. The Kier molecular flexibility index (Phi) is 13.2. The molecular weight excluding hydrogens is 496 g/mol. The number of nitrogens with one attached hydrogen (secondary N) is 3. The average Bonchev–Trinajstić information content (AvgIpc) is 2.88. The quantitative estimate of drug-likeness (QED) is 0.159. The van der Waals surface area contributed by atoms with Crippen LogP contribution in [0, 0.1) is 11.8 Å². The molecule has 212 valence electrons. The maximum absolute atomic E-state index is 13.2. The van der Waals surface area contributed by atoms with Gasteiger partial charge in [0.05, 0.1) is 6.04 Å². The summed E-state index contributed by atoms with van der Waals surface area (Å²) in [5, 5.41) is 35.8. The van der Waals surface area contributed by atoms with Gasteiger partial charge >= 0.3 is 11.9 Å². The van der Waals surface area contributed by atoms with E-state index in [-0.39, 0.29) is 24.5 Å². The number of hydrogen-bond donors (Lipinski definition) is 7. The number of phenols is 1. The molecule has 0 aliphatic rings. The zero-order valence-electron chi connectivity index (χ0n) is 22.3. The van der Waals surface area contributed by atoms with E-state index < -0.39 is 66.2 Å². The number of carboxylic acids is 2. The summed E-state index contributed by atoms with van der Waals surface area (Å²) in [5.74, 6) is -5.22. The third-order valence-electron chi connectivity index (χ3n) is 6.63. The van der Waals surface area contributed by atoms with Crippen LogP contribution in [0.5, 0.6) is 5.75 Å². The molecule has 38 heavy (non-hydrogen) atoms. The van der Waals surface area contributed by atoms with E-state index in [2.05, 4.69) is 16.0 Å². The molecule has 12 nitrogen and oxygen atoms in total. The molecule has 0 heterocycles. The van der Waals surface area contributed by atoms with E-state index in [1.165, 1.54) is 12.1 Å². The van der Waals surface area contributed by atoms with Gasteiger partial charge in [-0.05, 0) is 36.0 Å². The van der Waals surface area contributed by atoms with Crippen LogP contribution in [0.15, 0.2) is 24.3 Å². The Hall–Kier alpha value is -3.67. The molecule has 0 radical (unpaired) electrons. The van der Waals surface area contributed by atoms with Gasteiger partial charge in [-0.2, -0.15) is 0 Å². The van der Waals surface area contributed by atoms with Gasteiger partial charge in [0.1, 0.15) is 23.9 Å². The molecule has 0 saturated heterocycles. The highest BCUT2D eigenvalue weighted by Crippen LogP contribution is 2.14. The third-order valence-corrected chi connectivity index (χ3v) is 6.63. The Morgan fingerprint density at radius 3 is 1.84 bits per heavy atom. The minimum Gasteiger partial charge on any atom is -0.508 e. The molecule has 6 atom stereocenters. The number of carbonyl (C=O) groups is 5. The molecule has 0 saturated carbocycles. The lowest BCUT2D eigenvalue weighted by molar-refractivity contribution is -0.143. The fourth-order valence-corrected chi connectivity index (χ4v) is 3.60. The maximum Gasteiger partial charge on any atom is 0.326 e. The van der Waals surface area contributed by atoms with Crippen LogP contribution >= 0.6 is 0 Å². The summed E-state index contributed by atoms with van der Waals surface area (Å²) < 4.78 is 0. The van der Waals surface area contributed by atoms with Gasteiger partial charge in [-0.3, -0.25) is 19.2 Å². The molecule has 8 N–H and O–H groups in total. The number of aromatic hydroxyl groups is 1. The second kappa shape index (κ2) is 15.6. The number of hydrogen-bond acceptors (Lipinski definition) is 7. The van der Waals surface area contributed by atoms with E-state index in [4.69, 9.17) is 10.8 Å². The highest BCUT2D eigenvalue weighted by molar-refractivity contribution is 5.94. The minimum absolute atomic E-state index is 0.00408. The van der Waals surface area contributed by atoms with Gasteiger partial charge in [0.15, 0.2) is 0 Å². The summed E-state index contributed by atoms with van der Waals surface area (Å²) in [5.41, 5.74) is 6.52. The number of nitrogens with two attached hydrogens (primary N) is 1. The Morgan fingerprint density at radius 2 is 1.34 bits per heavy atom. The van der Waals surface area contributed by atoms with Crippen LogP contribution in [-0.4, -0.2) is 69.1 Å². The highest BCUT2D eigenvalue weighted by Gasteiger charge is 2.32. The van der Waals surface area contributed by atoms with Crippen molar-refractivity contribution in [2.75, 3.05) is 0 Å². The van der Waals surface area contributed by atoms with Crippen molar-refractivity contribution in [1.29, 1.82) is 0 Å². The minimum atomic E-state index is -1.30. The van der Waals surface area contributed by atoms with Crippen molar-refractivity contribution >= 4 is 29.7 Å². The number of carboxylic acid groups (broad SMARTS) is 2. The van der Waals surface area contributed by atoms with Crippen molar-refractivity contribution in [2.45, 2.75) is 84.0 Å². The van der Waals surface area contributed by atoms with Crippen LogP contribution < -0.4 is 21.7 Å². The molecule has 0 aliphatic carbocycles. The van der Waals surface area contributed by atoms with E-state index in [9.17, 15) is 34.2 Å². The van der Waals surface area contributed by atoms with Gasteiger partial charge in [-0.25, -0.2) is 4.79 Å². The van der Waals surface area contributed by atoms with Crippen molar-refractivity contribution in [3.63, 3.8) is 0 Å². The molecule has 0 bridgehead atoms. The first-order valence-electron chi connectivity index (χ1n) is 12.7. The summed E-state index contributed by atoms with van der Waals surface area (Å²) in [7, 11) is 0. The highest BCUT2D eigenvalue weighted by atomic mass is 16.4. The smallest absolute Gasteiger partial charge is 0.326 e. The van der Waals surface area contributed by atoms with Crippen LogP contribution in [0.25, 0.3) is 0 Å². The summed E-state index contributed by atoms with van der Waals surface area (Å²) in [6.45, 7) is 7.07. The van der Waals surface area contributed by atoms with Gasteiger partial charge in [0, 0.05) is 12.8 Å². The molecule has 1 aromatic carbocycles. The van der Waals surface area contributed by atoms with Crippen molar-refractivity contribution < 1.29 is 39.3 Å². The molecule has 3 amide bonds. The summed E-state index contributed by atoms with van der Waals surface area (Å²) in [6, 6.07) is 1.19. The number of rotatable bonds is 16. The van der Waals surface area contributed by atoms with Gasteiger partial charge in [0.2, 0.25) is 17.7 Å². The standard InChI is InChI=1S/C26H40N4O8/c1-5-14(3)21(27)25(36)28-18(11-12-20(32)33)23(34)29-19(13-16-7-9-17(31)10-8-16)24(35)30-22(26(37)38)15(4)6-2/h7-10,14-15,18-19,21-22,31H,5-6,11-13,27H2,1-4H3,(H,28,36)(H,29,34)(H,30,35)(H,32,33)(H,37,38). The zero-order chi connectivity index (χ0) is 29.0. The first-order chi connectivity index (χ1) is 17.8. The molecule has 0 fully saturated rings. The van der Waals surface area contributed by atoms with E-state index in [0.717, 1.165) is 0 Å². The lowest BCUT2D eigenvalue weighted by Gasteiger charge is -2.27. The SMILES string of the molecule is CCC(C)C(N)C(=O)NC(CCC(=O)O)C(=O)NC(Cc1ccc(O)cc1)C(=O)NC(C(=O)O)C(C)CC. The summed E-state index contributed by atoms with van der Waals surface area (Å²) in [4.78, 5) is 62.0.